The number of fused-ring (bicyclic) bond motifs is 1. The van der Waals surface area contributed by atoms with Crippen LogP contribution in [0.3, 0.4) is 0 Å². The van der Waals surface area contributed by atoms with Crippen molar-refractivity contribution in [2.24, 2.45) is 0 Å². The van der Waals surface area contributed by atoms with Crippen molar-refractivity contribution in [3.05, 3.63) is 0 Å². The van der Waals surface area contributed by atoms with Crippen molar-refractivity contribution >= 4 is 45.9 Å². The quantitative estimate of drug-likeness (QED) is 0.342. The van der Waals surface area contributed by atoms with Crippen molar-refractivity contribution in [3.63, 3.8) is 0 Å². The molecule has 8 heteroatoms. The Morgan fingerprint density at radius 1 is 1.63 bits per heavy atom. The van der Waals surface area contributed by atoms with Gasteiger partial charge >= 0.3 is 5.97 Å². The number of aldehydes is 1. The van der Waals surface area contributed by atoms with Crippen LogP contribution in [0.1, 0.15) is 20.3 Å². The molecule has 0 aromatic rings. The molecule has 2 saturated heterocycles. The van der Waals surface area contributed by atoms with Crippen molar-refractivity contribution in [2.45, 2.75) is 40.9 Å². The fourth-order valence-electron chi connectivity index (χ4n) is 2.47. The number of amides is 1. The van der Waals surface area contributed by atoms with Crippen molar-refractivity contribution < 1.29 is 24.2 Å². The minimum atomic E-state index is -1.72. The summed E-state index contributed by atoms with van der Waals surface area (Å²) in [6.45, 7) is 3.44. The molecular formula is C11H14BrNO5S. The summed E-state index contributed by atoms with van der Waals surface area (Å²) >= 11 is 4.64. The van der Waals surface area contributed by atoms with Gasteiger partial charge in [0.1, 0.15) is 16.5 Å². The van der Waals surface area contributed by atoms with E-state index < -0.39 is 16.4 Å². The van der Waals surface area contributed by atoms with Crippen LogP contribution in [0.15, 0.2) is 0 Å². The maximum absolute atomic E-state index is 11.9. The van der Waals surface area contributed by atoms with Crippen LogP contribution in [0, 0.1) is 0 Å². The van der Waals surface area contributed by atoms with E-state index in [4.69, 9.17) is 4.74 Å². The van der Waals surface area contributed by atoms with Gasteiger partial charge in [-0.05, 0) is 13.8 Å². The molecule has 106 valence electrons. The number of ether oxygens (including phenoxy) is 1. The van der Waals surface area contributed by atoms with Crippen LogP contribution in [0.25, 0.3) is 0 Å². The van der Waals surface area contributed by atoms with Crippen LogP contribution in [0.2, 0.25) is 0 Å². The molecule has 0 aromatic carbocycles. The lowest BCUT2D eigenvalue weighted by Gasteiger charge is -2.47. The third kappa shape index (κ3) is 1.84. The number of nitrogens with zero attached hydrogens (tertiary/aromatic N) is 1. The summed E-state index contributed by atoms with van der Waals surface area (Å²) in [5, 5.41) is 9.33. The number of hydrogen-bond donors (Lipinski definition) is 1. The van der Waals surface area contributed by atoms with Gasteiger partial charge in [-0.2, -0.15) is 0 Å². The third-order valence-electron chi connectivity index (χ3n) is 3.39. The Hall–Kier alpha value is -0.600. The number of carbonyl (C=O) groups excluding carboxylic acids is 2. The van der Waals surface area contributed by atoms with Crippen LogP contribution in [0.5, 0.6) is 0 Å². The highest BCUT2D eigenvalue weighted by Gasteiger charge is 2.73. The van der Waals surface area contributed by atoms with Crippen LogP contribution in [-0.2, 0) is 19.1 Å². The fourth-order valence-corrected chi connectivity index (χ4v) is 4.85. The van der Waals surface area contributed by atoms with Crippen molar-refractivity contribution in [3.8, 4) is 0 Å². The number of rotatable bonds is 5. The first-order valence-corrected chi connectivity index (χ1v) is 7.55. The highest BCUT2D eigenvalue weighted by Crippen LogP contribution is 2.58. The van der Waals surface area contributed by atoms with Gasteiger partial charge < -0.3 is 14.6 Å². The molecule has 0 radical (unpaired) electrons. The molecule has 0 aliphatic carbocycles. The van der Waals surface area contributed by atoms with Gasteiger partial charge in [0.05, 0.1) is 11.4 Å². The molecule has 0 unspecified atom stereocenters. The maximum atomic E-state index is 11.9. The van der Waals surface area contributed by atoms with E-state index in [1.165, 1.54) is 16.7 Å². The van der Waals surface area contributed by atoms with Gasteiger partial charge in [0.25, 0.3) is 5.72 Å². The second-order valence-electron chi connectivity index (χ2n) is 4.88. The predicted molar refractivity (Wildman–Crippen MR) is 72.0 cm³/mol. The number of alkyl halides is 1. The minimum Gasteiger partial charge on any atom is -0.478 e. The normalized spacial score (nSPS) is 35.7. The molecule has 0 spiro atoms. The maximum Gasteiger partial charge on any atom is 0.359 e. The predicted octanol–water partition coefficient (Wildman–Crippen LogP) is 0.830. The molecular weight excluding hydrogens is 338 g/mol. The smallest absolute Gasteiger partial charge is 0.359 e. The van der Waals surface area contributed by atoms with Crippen LogP contribution in [-0.4, -0.2) is 55.4 Å². The molecule has 3 atom stereocenters. The number of β-lactam (4-membered cyclic amide) rings is 1. The first kappa shape index (κ1) is 14.8. The van der Waals surface area contributed by atoms with E-state index in [0.29, 0.717) is 6.29 Å². The molecule has 2 rings (SSSR count). The number of carboxylic acids is 1. The summed E-state index contributed by atoms with van der Waals surface area (Å²) in [4.78, 5) is 34.9. The van der Waals surface area contributed by atoms with E-state index in [-0.39, 0.29) is 29.1 Å². The zero-order valence-corrected chi connectivity index (χ0v) is 12.9. The Morgan fingerprint density at radius 3 is 2.79 bits per heavy atom. The van der Waals surface area contributed by atoms with E-state index >= 15 is 0 Å². The number of carbonyl (C=O) groups is 3. The van der Waals surface area contributed by atoms with Gasteiger partial charge in [0.2, 0.25) is 5.91 Å². The Kier molecular flexibility index (Phi) is 3.70. The van der Waals surface area contributed by atoms with E-state index in [1.807, 2.05) is 0 Å². The van der Waals surface area contributed by atoms with Crippen LogP contribution < -0.4 is 0 Å². The molecule has 2 aliphatic rings. The molecule has 19 heavy (non-hydrogen) atoms. The van der Waals surface area contributed by atoms with Crippen LogP contribution >= 0.6 is 27.7 Å². The van der Waals surface area contributed by atoms with Crippen LogP contribution in [0.4, 0.5) is 0 Å². The summed E-state index contributed by atoms with van der Waals surface area (Å²) in [6, 6.07) is 0. The van der Waals surface area contributed by atoms with Gasteiger partial charge in [-0.15, -0.1) is 11.8 Å². The number of thioether (sulfide) groups is 1. The van der Waals surface area contributed by atoms with Gasteiger partial charge in [-0.3, -0.25) is 9.69 Å². The van der Waals surface area contributed by atoms with Crippen molar-refractivity contribution in [2.75, 3.05) is 6.61 Å². The Bertz CT molecular complexity index is 443. The SMILES string of the molecule is CC1(C)S[C@@H]2[C@@H](Br)C(=O)N2[C@@]1(OCCC=O)C(=O)O. The fraction of sp³-hybridized carbons (Fsp3) is 0.727. The Labute approximate surface area is 123 Å². The van der Waals surface area contributed by atoms with Crippen molar-refractivity contribution in [1.29, 1.82) is 0 Å². The zero-order valence-electron chi connectivity index (χ0n) is 10.5. The summed E-state index contributed by atoms with van der Waals surface area (Å²) in [6.07, 6.45) is 0.758. The lowest BCUT2D eigenvalue weighted by atomic mass is 9.93. The molecule has 6 nitrogen and oxygen atoms in total. The number of halogens is 1. The zero-order chi connectivity index (χ0) is 14.4. The number of hydrogen-bond acceptors (Lipinski definition) is 5. The number of aliphatic carboxylic acids is 1. The Morgan fingerprint density at radius 2 is 2.26 bits per heavy atom. The summed E-state index contributed by atoms with van der Waals surface area (Å²) in [7, 11) is 0. The molecule has 0 aromatic heterocycles. The molecule has 2 fully saturated rings. The van der Waals surface area contributed by atoms with Crippen molar-refractivity contribution in [1.82, 2.24) is 4.90 Å². The monoisotopic (exact) mass is 351 g/mol. The molecule has 1 amide bonds. The van der Waals surface area contributed by atoms with Gasteiger partial charge in [-0.1, -0.05) is 15.9 Å². The third-order valence-corrected chi connectivity index (χ3v) is 6.22. The average molecular weight is 352 g/mol. The highest BCUT2D eigenvalue weighted by atomic mass is 79.9. The van der Waals surface area contributed by atoms with E-state index in [1.54, 1.807) is 13.8 Å². The Balaban J connectivity index is 2.36. The molecule has 1 N–H and O–H groups in total. The molecule has 2 aliphatic heterocycles. The van der Waals surface area contributed by atoms with Gasteiger partial charge in [0.15, 0.2) is 0 Å². The van der Waals surface area contributed by atoms with Gasteiger partial charge in [0, 0.05) is 6.42 Å². The molecule has 0 bridgehead atoms. The lowest BCUT2D eigenvalue weighted by Crippen LogP contribution is -2.72. The summed E-state index contributed by atoms with van der Waals surface area (Å²) in [5.74, 6) is -1.50. The average Bonchev–Trinajstić information content (AvgIpc) is 2.56. The highest BCUT2D eigenvalue weighted by molar-refractivity contribution is 9.10. The van der Waals surface area contributed by atoms with E-state index in [2.05, 4.69) is 15.9 Å². The second-order valence-corrected chi connectivity index (χ2v) is 7.61. The minimum absolute atomic E-state index is 0.0246. The molecule has 0 saturated carbocycles. The van der Waals surface area contributed by atoms with E-state index in [0.717, 1.165) is 0 Å². The largest absolute Gasteiger partial charge is 0.478 e. The lowest BCUT2D eigenvalue weighted by molar-refractivity contribution is -0.214. The van der Waals surface area contributed by atoms with Gasteiger partial charge in [-0.25, -0.2) is 4.79 Å². The number of carboxylic acid groups (broad SMARTS) is 1. The summed E-state index contributed by atoms with van der Waals surface area (Å²) < 4.78 is 4.69. The summed E-state index contributed by atoms with van der Waals surface area (Å²) in [5.41, 5.74) is -1.72. The molecule has 2 heterocycles. The second kappa shape index (κ2) is 4.75. The topological polar surface area (TPSA) is 83.9 Å². The first-order valence-electron chi connectivity index (χ1n) is 5.75. The first-order chi connectivity index (χ1) is 8.79. The van der Waals surface area contributed by atoms with E-state index in [9.17, 15) is 19.5 Å². The standard InChI is InChI=1S/C11H14BrNO5S/c1-10(2)11(9(16)17,18-5-3-4-14)13-7(15)6(12)8(13)19-10/h4,6,8H,3,5H2,1-2H3,(H,16,17)/t6-,8+,11+/m0/s1.